The van der Waals surface area contributed by atoms with Crippen LogP contribution in [0.2, 0.25) is 0 Å². The van der Waals surface area contributed by atoms with Crippen LogP contribution in [0.25, 0.3) is 0 Å². The largest absolute Gasteiger partial charge is 0.382 e. The van der Waals surface area contributed by atoms with Crippen molar-refractivity contribution in [3.8, 4) is 0 Å². The van der Waals surface area contributed by atoms with E-state index in [9.17, 15) is 4.79 Å². The zero-order valence-corrected chi connectivity index (χ0v) is 10.5. The number of anilines is 1. The summed E-state index contributed by atoms with van der Waals surface area (Å²) in [7, 11) is 0. The molecule has 92 valence electrons. The maximum absolute atomic E-state index is 11.7. The number of hydrogen-bond acceptors (Lipinski definition) is 2. The molecule has 0 aromatic heterocycles. The molecular formula is C14H20N2O. The normalized spacial score (nSPS) is 15.2. The lowest BCUT2D eigenvalue weighted by Crippen LogP contribution is -2.28. The fourth-order valence-corrected chi connectivity index (χ4v) is 1.95. The van der Waals surface area contributed by atoms with Crippen molar-refractivity contribution in [1.29, 1.82) is 0 Å². The Bertz CT molecular complexity index is 411. The first-order chi connectivity index (χ1) is 8.20. The molecule has 1 amide bonds. The Morgan fingerprint density at radius 3 is 2.76 bits per heavy atom. The smallest absolute Gasteiger partial charge is 0.251 e. The molecule has 1 aromatic rings. The first kappa shape index (κ1) is 12.0. The quantitative estimate of drug-likeness (QED) is 0.838. The summed E-state index contributed by atoms with van der Waals surface area (Å²) in [5.74, 6) is 0.00385. The first-order valence-electron chi connectivity index (χ1n) is 6.36. The number of carbonyl (C=O) groups is 1. The van der Waals surface area contributed by atoms with Gasteiger partial charge in [-0.2, -0.15) is 0 Å². The summed E-state index contributed by atoms with van der Waals surface area (Å²) in [4.78, 5) is 11.7. The maximum atomic E-state index is 11.7. The summed E-state index contributed by atoms with van der Waals surface area (Å²) >= 11 is 0. The third kappa shape index (κ3) is 2.78. The summed E-state index contributed by atoms with van der Waals surface area (Å²) in [6, 6.07) is 6.44. The molecule has 17 heavy (non-hydrogen) atoms. The van der Waals surface area contributed by atoms with Gasteiger partial charge < -0.3 is 10.6 Å². The highest BCUT2D eigenvalue weighted by atomic mass is 16.1. The van der Waals surface area contributed by atoms with Gasteiger partial charge in [-0.3, -0.25) is 4.79 Å². The van der Waals surface area contributed by atoms with Crippen molar-refractivity contribution >= 4 is 11.6 Å². The number of nitrogens with one attached hydrogen (secondary N) is 2. The van der Waals surface area contributed by atoms with Gasteiger partial charge in [0.1, 0.15) is 0 Å². The van der Waals surface area contributed by atoms with Gasteiger partial charge in [0.2, 0.25) is 0 Å². The molecule has 2 N–H and O–H groups in total. The second-order valence-corrected chi connectivity index (χ2v) is 4.66. The van der Waals surface area contributed by atoms with Gasteiger partial charge in [-0.25, -0.2) is 0 Å². The van der Waals surface area contributed by atoms with Gasteiger partial charge in [0.25, 0.3) is 5.91 Å². The van der Waals surface area contributed by atoms with Gasteiger partial charge in [-0.05, 0) is 50.8 Å². The standard InChI is InChI=1S/C14H20N2O/c1-3-15-14(17)11-8-7-10(2)13(9-11)16-12-5-4-6-12/h7-9,12,16H,3-6H2,1-2H3,(H,15,17). The fraction of sp³-hybridized carbons (Fsp3) is 0.500. The summed E-state index contributed by atoms with van der Waals surface area (Å²) < 4.78 is 0. The van der Waals surface area contributed by atoms with E-state index in [0.717, 1.165) is 11.3 Å². The average Bonchev–Trinajstić information content (AvgIpc) is 2.25. The number of benzene rings is 1. The third-order valence-electron chi connectivity index (χ3n) is 3.30. The minimum absolute atomic E-state index is 0.00385. The summed E-state index contributed by atoms with van der Waals surface area (Å²) in [5, 5.41) is 6.33. The van der Waals surface area contributed by atoms with Gasteiger partial charge in [0.05, 0.1) is 0 Å². The van der Waals surface area contributed by atoms with Crippen molar-refractivity contribution in [1.82, 2.24) is 5.32 Å². The Kier molecular flexibility index (Phi) is 3.67. The molecule has 1 saturated carbocycles. The Hall–Kier alpha value is -1.51. The van der Waals surface area contributed by atoms with Gasteiger partial charge in [-0.15, -0.1) is 0 Å². The molecule has 2 rings (SSSR count). The van der Waals surface area contributed by atoms with E-state index in [4.69, 9.17) is 0 Å². The van der Waals surface area contributed by atoms with Crippen LogP contribution in [0.4, 0.5) is 5.69 Å². The zero-order chi connectivity index (χ0) is 12.3. The predicted octanol–water partition coefficient (Wildman–Crippen LogP) is 2.71. The fourth-order valence-electron chi connectivity index (χ4n) is 1.95. The minimum Gasteiger partial charge on any atom is -0.382 e. The number of rotatable bonds is 4. The van der Waals surface area contributed by atoms with Crippen LogP contribution in [0.3, 0.4) is 0 Å². The number of hydrogen-bond donors (Lipinski definition) is 2. The summed E-state index contributed by atoms with van der Waals surface area (Å²) in [6.45, 7) is 4.67. The first-order valence-corrected chi connectivity index (χ1v) is 6.36. The van der Waals surface area contributed by atoms with Crippen LogP contribution in [0, 0.1) is 6.92 Å². The molecule has 1 fully saturated rings. The van der Waals surface area contributed by atoms with E-state index in [1.54, 1.807) is 0 Å². The van der Waals surface area contributed by atoms with Crippen molar-refractivity contribution in [2.24, 2.45) is 0 Å². The second-order valence-electron chi connectivity index (χ2n) is 4.66. The lowest BCUT2D eigenvalue weighted by molar-refractivity contribution is 0.0956. The van der Waals surface area contributed by atoms with E-state index >= 15 is 0 Å². The number of aryl methyl sites for hydroxylation is 1. The Morgan fingerprint density at radius 1 is 1.41 bits per heavy atom. The van der Waals surface area contributed by atoms with Crippen LogP contribution in [0.1, 0.15) is 42.1 Å². The third-order valence-corrected chi connectivity index (χ3v) is 3.30. The molecule has 0 aliphatic heterocycles. The second kappa shape index (κ2) is 5.21. The highest BCUT2D eigenvalue weighted by molar-refractivity contribution is 5.95. The highest BCUT2D eigenvalue weighted by Gasteiger charge is 2.18. The average molecular weight is 232 g/mol. The van der Waals surface area contributed by atoms with Crippen molar-refractivity contribution in [2.45, 2.75) is 39.2 Å². The Labute approximate surface area is 103 Å². The molecule has 0 spiro atoms. The lowest BCUT2D eigenvalue weighted by atomic mass is 9.92. The van der Waals surface area contributed by atoms with Crippen LogP contribution in [-0.2, 0) is 0 Å². The molecule has 0 bridgehead atoms. The topological polar surface area (TPSA) is 41.1 Å². The van der Waals surface area contributed by atoms with Crippen LogP contribution in [0.15, 0.2) is 18.2 Å². The lowest BCUT2D eigenvalue weighted by Gasteiger charge is -2.28. The van der Waals surface area contributed by atoms with Gasteiger partial charge in [-0.1, -0.05) is 6.07 Å². The zero-order valence-electron chi connectivity index (χ0n) is 10.5. The summed E-state index contributed by atoms with van der Waals surface area (Å²) in [5.41, 5.74) is 3.03. The molecule has 1 aliphatic carbocycles. The van der Waals surface area contributed by atoms with Gasteiger partial charge in [0.15, 0.2) is 0 Å². The molecule has 3 nitrogen and oxygen atoms in total. The van der Waals surface area contributed by atoms with Gasteiger partial charge in [0, 0.05) is 23.8 Å². The monoisotopic (exact) mass is 232 g/mol. The van der Waals surface area contributed by atoms with Crippen molar-refractivity contribution < 1.29 is 4.79 Å². The SMILES string of the molecule is CCNC(=O)c1ccc(C)c(NC2CCC2)c1. The Balaban J connectivity index is 2.13. The van der Waals surface area contributed by atoms with E-state index in [2.05, 4.69) is 17.6 Å². The molecule has 1 aliphatic rings. The van der Waals surface area contributed by atoms with E-state index in [-0.39, 0.29) is 5.91 Å². The van der Waals surface area contributed by atoms with Crippen molar-refractivity contribution in [3.63, 3.8) is 0 Å². The van der Waals surface area contributed by atoms with Crippen LogP contribution in [0.5, 0.6) is 0 Å². The molecular weight excluding hydrogens is 212 g/mol. The predicted molar refractivity (Wildman–Crippen MR) is 70.4 cm³/mol. The van der Waals surface area contributed by atoms with Crippen LogP contribution < -0.4 is 10.6 Å². The molecule has 1 aromatic carbocycles. The van der Waals surface area contributed by atoms with Gasteiger partial charge >= 0.3 is 0 Å². The van der Waals surface area contributed by atoms with Crippen LogP contribution in [-0.4, -0.2) is 18.5 Å². The van der Waals surface area contributed by atoms with Crippen molar-refractivity contribution in [2.75, 3.05) is 11.9 Å². The number of amides is 1. The summed E-state index contributed by atoms with van der Waals surface area (Å²) in [6.07, 6.45) is 3.79. The van der Waals surface area contributed by atoms with E-state index < -0.39 is 0 Å². The van der Waals surface area contributed by atoms with E-state index in [0.29, 0.717) is 12.6 Å². The van der Waals surface area contributed by atoms with Crippen LogP contribution >= 0.6 is 0 Å². The molecule has 0 heterocycles. The molecule has 0 radical (unpaired) electrons. The maximum Gasteiger partial charge on any atom is 0.251 e. The minimum atomic E-state index is 0.00385. The van der Waals surface area contributed by atoms with E-state index in [1.165, 1.54) is 24.8 Å². The molecule has 3 heteroatoms. The van der Waals surface area contributed by atoms with Crippen molar-refractivity contribution in [3.05, 3.63) is 29.3 Å². The number of carbonyl (C=O) groups excluding carboxylic acids is 1. The Morgan fingerprint density at radius 2 is 2.18 bits per heavy atom. The molecule has 0 unspecified atom stereocenters. The van der Waals surface area contributed by atoms with E-state index in [1.807, 2.05) is 25.1 Å². The molecule has 0 saturated heterocycles. The molecule has 0 atom stereocenters. The highest BCUT2D eigenvalue weighted by Crippen LogP contribution is 2.25.